The number of rotatable bonds is 5. The third-order valence-corrected chi connectivity index (χ3v) is 6.52. The summed E-state index contributed by atoms with van der Waals surface area (Å²) in [6.07, 6.45) is 1.61. The van der Waals surface area contributed by atoms with Gasteiger partial charge in [-0.25, -0.2) is 9.97 Å². The number of aromatic nitrogens is 4. The number of carbonyl (C=O) groups is 1. The van der Waals surface area contributed by atoms with Crippen LogP contribution in [0.4, 0.5) is 30.8 Å². The standard InChI is InChI=1S/C24H24F3N7O2/c1-16(35)33-9-5-23(6-10-33)14-34(15-23)21-12-19(17-3-2-7-28-13-17)30-22(32-21)31-20-11-18(4-8-29-20)36-24(25,26)27/h2-4,7-8,11-13H,5-6,9-10,14-15H2,1H3,(H,29,30,31,32). The fourth-order valence-corrected chi connectivity index (χ4v) is 4.64. The van der Waals surface area contributed by atoms with Crippen LogP contribution in [0.2, 0.25) is 0 Å². The summed E-state index contributed by atoms with van der Waals surface area (Å²) in [4.78, 5) is 33.1. The summed E-state index contributed by atoms with van der Waals surface area (Å²) in [5, 5.41) is 2.90. The Bertz CT molecular complexity index is 1240. The second kappa shape index (κ2) is 9.25. The smallest absolute Gasteiger partial charge is 0.406 e. The van der Waals surface area contributed by atoms with E-state index in [4.69, 9.17) is 0 Å². The van der Waals surface area contributed by atoms with Crippen LogP contribution in [0.15, 0.2) is 48.9 Å². The van der Waals surface area contributed by atoms with Crippen LogP contribution in [0.3, 0.4) is 0 Å². The number of nitrogens with one attached hydrogen (secondary N) is 1. The zero-order valence-corrected chi connectivity index (χ0v) is 19.5. The lowest BCUT2D eigenvalue weighted by atomic mass is 9.72. The molecule has 9 nitrogen and oxygen atoms in total. The van der Waals surface area contributed by atoms with Gasteiger partial charge in [-0.15, -0.1) is 13.2 Å². The summed E-state index contributed by atoms with van der Waals surface area (Å²) in [5.74, 6) is 0.698. The zero-order chi connectivity index (χ0) is 25.3. The second-order valence-corrected chi connectivity index (χ2v) is 9.09. The number of amides is 1. The molecule has 0 unspecified atom stereocenters. The molecule has 0 bridgehead atoms. The fraction of sp³-hybridized carbons (Fsp3) is 0.375. The van der Waals surface area contributed by atoms with Gasteiger partial charge in [0.25, 0.3) is 0 Å². The number of pyridine rings is 2. The van der Waals surface area contributed by atoms with E-state index in [1.54, 1.807) is 25.4 Å². The van der Waals surface area contributed by atoms with E-state index in [9.17, 15) is 18.0 Å². The van der Waals surface area contributed by atoms with Gasteiger partial charge in [0.2, 0.25) is 11.9 Å². The van der Waals surface area contributed by atoms with Crippen molar-refractivity contribution in [3.05, 3.63) is 48.9 Å². The first-order chi connectivity index (χ1) is 17.2. The first kappa shape index (κ1) is 23.8. The third-order valence-electron chi connectivity index (χ3n) is 6.52. The van der Waals surface area contributed by atoms with Crippen LogP contribution in [0.25, 0.3) is 11.3 Å². The van der Waals surface area contributed by atoms with E-state index < -0.39 is 12.1 Å². The third kappa shape index (κ3) is 5.31. The van der Waals surface area contributed by atoms with Crippen molar-refractivity contribution in [3.8, 4) is 17.0 Å². The Morgan fingerprint density at radius 2 is 1.89 bits per heavy atom. The summed E-state index contributed by atoms with van der Waals surface area (Å²) in [6, 6.07) is 7.79. The molecule has 2 saturated heterocycles. The molecule has 188 valence electrons. The molecule has 1 amide bonds. The molecular formula is C24H24F3N7O2. The van der Waals surface area contributed by atoms with Crippen molar-refractivity contribution in [2.45, 2.75) is 26.1 Å². The number of anilines is 3. The molecule has 2 aliphatic heterocycles. The average Bonchev–Trinajstić information content (AvgIpc) is 2.82. The van der Waals surface area contributed by atoms with E-state index in [2.05, 4.69) is 34.9 Å². The molecule has 1 spiro atoms. The number of alkyl halides is 3. The van der Waals surface area contributed by atoms with Gasteiger partial charge in [0, 0.05) is 74.8 Å². The quantitative estimate of drug-likeness (QED) is 0.562. The number of hydrogen-bond donors (Lipinski definition) is 1. The number of carbonyl (C=O) groups excluding carboxylic acids is 1. The van der Waals surface area contributed by atoms with Crippen molar-refractivity contribution in [1.82, 2.24) is 24.8 Å². The fourth-order valence-electron chi connectivity index (χ4n) is 4.64. The molecule has 5 heterocycles. The van der Waals surface area contributed by atoms with Gasteiger partial charge in [0.1, 0.15) is 17.4 Å². The second-order valence-electron chi connectivity index (χ2n) is 9.09. The Morgan fingerprint density at radius 1 is 1.11 bits per heavy atom. The lowest BCUT2D eigenvalue weighted by Crippen LogP contribution is -2.61. The molecule has 2 aliphatic rings. The van der Waals surface area contributed by atoms with Crippen molar-refractivity contribution in [1.29, 1.82) is 0 Å². The molecule has 3 aromatic rings. The maximum atomic E-state index is 12.6. The Kier molecular flexibility index (Phi) is 6.10. The highest BCUT2D eigenvalue weighted by Gasteiger charge is 2.45. The Labute approximate surface area is 205 Å². The number of nitrogens with zero attached hydrogens (tertiary/aromatic N) is 6. The highest BCUT2D eigenvalue weighted by atomic mass is 19.4. The first-order valence-electron chi connectivity index (χ1n) is 11.5. The molecule has 2 fully saturated rings. The van der Waals surface area contributed by atoms with E-state index in [1.807, 2.05) is 17.0 Å². The van der Waals surface area contributed by atoms with Crippen molar-refractivity contribution >= 4 is 23.5 Å². The molecule has 0 aromatic carbocycles. The minimum atomic E-state index is -4.81. The summed E-state index contributed by atoms with van der Waals surface area (Å²) in [5.41, 5.74) is 1.53. The molecule has 0 aliphatic carbocycles. The van der Waals surface area contributed by atoms with Gasteiger partial charge >= 0.3 is 6.36 Å². The van der Waals surface area contributed by atoms with Gasteiger partial charge in [0.15, 0.2) is 0 Å². The van der Waals surface area contributed by atoms with Gasteiger partial charge in [-0.3, -0.25) is 9.78 Å². The van der Waals surface area contributed by atoms with Crippen LogP contribution in [0.5, 0.6) is 5.75 Å². The Morgan fingerprint density at radius 3 is 2.56 bits per heavy atom. The molecule has 1 N–H and O–H groups in total. The lowest BCUT2D eigenvalue weighted by Gasteiger charge is -2.54. The van der Waals surface area contributed by atoms with Crippen LogP contribution < -0.4 is 15.0 Å². The summed E-state index contributed by atoms with van der Waals surface area (Å²) in [6.45, 7) is 4.70. The summed E-state index contributed by atoms with van der Waals surface area (Å²) >= 11 is 0. The zero-order valence-electron chi connectivity index (χ0n) is 19.5. The van der Waals surface area contributed by atoms with Crippen molar-refractivity contribution in [2.75, 3.05) is 36.4 Å². The van der Waals surface area contributed by atoms with Gasteiger partial charge in [0.05, 0.1) is 5.69 Å². The molecule has 5 rings (SSSR count). The number of ether oxygens (including phenoxy) is 1. The van der Waals surface area contributed by atoms with Crippen molar-refractivity contribution < 1.29 is 22.7 Å². The van der Waals surface area contributed by atoms with Crippen LogP contribution in [0, 0.1) is 5.41 Å². The molecule has 0 saturated carbocycles. The number of likely N-dealkylation sites (tertiary alicyclic amines) is 1. The van der Waals surface area contributed by atoms with Gasteiger partial charge in [-0.05, 0) is 31.0 Å². The maximum absolute atomic E-state index is 12.6. The monoisotopic (exact) mass is 499 g/mol. The minimum absolute atomic E-state index is 0.104. The van der Waals surface area contributed by atoms with Crippen LogP contribution in [0.1, 0.15) is 19.8 Å². The van der Waals surface area contributed by atoms with Crippen LogP contribution >= 0.6 is 0 Å². The normalized spacial score (nSPS) is 17.0. The van der Waals surface area contributed by atoms with E-state index in [0.29, 0.717) is 11.5 Å². The van der Waals surface area contributed by atoms with E-state index in [-0.39, 0.29) is 23.1 Å². The van der Waals surface area contributed by atoms with Gasteiger partial charge < -0.3 is 19.9 Å². The average molecular weight is 499 g/mol. The maximum Gasteiger partial charge on any atom is 0.573 e. The lowest BCUT2D eigenvalue weighted by molar-refractivity contribution is -0.274. The van der Waals surface area contributed by atoms with Crippen LogP contribution in [-0.4, -0.2) is 63.3 Å². The van der Waals surface area contributed by atoms with E-state index >= 15 is 0 Å². The molecule has 0 radical (unpaired) electrons. The number of piperidine rings is 1. The minimum Gasteiger partial charge on any atom is -0.406 e. The summed E-state index contributed by atoms with van der Waals surface area (Å²) < 4.78 is 41.8. The van der Waals surface area contributed by atoms with E-state index in [0.717, 1.165) is 56.7 Å². The highest BCUT2D eigenvalue weighted by molar-refractivity contribution is 5.73. The molecule has 36 heavy (non-hydrogen) atoms. The summed E-state index contributed by atoms with van der Waals surface area (Å²) in [7, 11) is 0. The molecule has 0 atom stereocenters. The molecular weight excluding hydrogens is 475 g/mol. The highest BCUT2D eigenvalue weighted by Crippen LogP contribution is 2.43. The van der Waals surface area contributed by atoms with Crippen molar-refractivity contribution in [2.24, 2.45) is 5.41 Å². The van der Waals surface area contributed by atoms with Gasteiger partial charge in [-0.1, -0.05) is 0 Å². The van der Waals surface area contributed by atoms with Gasteiger partial charge in [-0.2, -0.15) is 4.98 Å². The predicted molar refractivity (Wildman–Crippen MR) is 126 cm³/mol. The largest absolute Gasteiger partial charge is 0.573 e. The van der Waals surface area contributed by atoms with E-state index in [1.165, 1.54) is 6.20 Å². The predicted octanol–water partition coefficient (Wildman–Crippen LogP) is 4.02. The van der Waals surface area contributed by atoms with Crippen molar-refractivity contribution in [3.63, 3.8) is 0 Å². The Hall–Kier alpha value is -3.96. The Balaban J connectivity index is 1.38. The topological polar surface area (TPSA) is 96.4 Å². The molecule has 12 heteroatoms. The molecule has 3 aromatic heterocycles. The number of hydrogen-bond acceptors (Lipinski definition) is 8. The number of halogens is 3. The first-order valence-corrected chi connectivity index (χ1v) is 11.5. The SMILES string of the molecule is CC(=O)N1CCC2(CC1)CN(c1cc(-c3cccnc3)nc(Nc3cc(OC(F)(F)F)ccn3)n1)C2. The van der Waals surface area contributed by atoms with Crippen LogP contribution in [-0.2, 0) is 4.79 Å².